The minimum Gasteiger partial charge on any atom is -0.462 e. The van der Waals surface area contributed by atoms with Crippen molar-refractivity contribution in [2.45, 2.75) is 118 Å². The van der Waals surface area contributed by atoms with E-state index in [-0.39, 0.29) is 27.6 Å². The van der Waals surface area contributed by atoms with E-state index in [9.17, 15) is 4.79 Å². The lowest BCUT2D eigenvalue weighted by molar-refractivity contribution is -0.671. The van der Waals surface area contributed by atoms with Crippen molar-refractivity contribution in [2.75, 3.05) is 13.2 Å². The van der Waals surface area contributed by atoms with Crippen LogP contribution < -0.4 is 5.32 Å². The number of nitrogens with two attached hydrogens (primary N) is 1. The highest BCUT2D eigenvalue weighted by molar-refractivity contribution is 5.90. The van der Waals surface area contributed by atoms with Crippen LogP contribution in [0, 0.1) is 0 Å². The smallest absolute Gasteiger partial charge is 0.338 e. The third-order valence-electron chi connectivity index (χ3n) is 6.79. The quantitative estimate of drug-likeness (QED) is 0.327. The van der Waals surface area contributed by atoms with Gasteiger partial charge < -0.3 is 10.1 Å². The summed E-state index contributed by atoms with van der Waals surface area (Å²) >= 11 is 0. The van der Waals surface area contributed by atoms with Gasteiger partial charge in [-0.25, -0.2) is 4.79 Å². The number of benzene rings is 2. The van der Waals surface area contributed by atoms with E-state index in [4.69, 9.17) is 4.74 Å². The second-order valence-corrected chi connectivity index (χ2v) is 14.5. The van der Waals surface area contributed by atoms with Gasteiger partial charge >= 0.3 is 5.97 Å². The lowest BCUT2D eigenvalue weighted by Gasteiger charge is -2.26. The molecule has 0 aliphatic rings. The highest BCUT2D eigenvalue weighted by Gasteiger charge is 2.23. The summed E-state index contributed by atoms with van der Waals surface area (Å²) < 4.78 is 5.68. The first-order chi connectivity index (χ1) is 16.3. The van der Waals surface area contributed by atoms with Gasteiger partial charge in [0.15, 0.2) is 0 Å². The van der Waals surface area contributed by atoms with Crippen LogP contribution in [0.5, 0.6) is 0 Å². The predicted octanol–water partition coefficient (Wildman–Crippen LogP) is 7.19. The number of quaternary nitrogens is 1. The molecule has 0 heterocycles. The summed E-state index contributed by atoms with van der Waals surface area (Å²) in [5, 5.41) is 2.32. The molecule has 200 valence electrons. The van der Waals surface area contributed by atoms with Gasteiger partial charge in [-0.2, -0.15) is 0 Å². The summed E-state index contributed by atoms with van der Waals surface area (Å²) in [5.41, 5.74) is 7.33. The molecule has 0 aliphatic heterocycles. The van der Waals surface area contributed by atoms with Crippen LogP contribution in [-0.2, 0) is 32.9 Å². The molecule has 36 heavy (non-hydrogen) atoms. The van der Waals surface area contributed by atoms with E-state index >= 15 is 0 Å². The minimum absolute atomic E-state index is 0.0254. The molecule has 2 aromatic carbocycles. The zero-order valence-electron chi connectivity index (χ0n) is 25.2. The molecule has 0 bridgehead atoms. The van der Waals surface area contributed by atoms with Crippen molar-refractivity contribution < 1.29 is 14.8 Å². The van der Waals surface area contributed by atoms with E-state index < -0.39 is 0 Å². The summed E-state index contributed by atoms with van der Waals surface area (Å²) in [6.07, 6.45) is 0.835. The van der Waals surface area contributed by atoms with E-state index in [0.717, 1.165) is 19.5 Å². The normalized spacial score (nSPS) is 13.1. The molecule has 3 heteroatoms. The van der Waals surface area contributed by atoms with Gasteiger partial charge in [-0.1, -0.05) is 95.2 Å². The molecule has 2 rings (SSSR count). The van der Waals surface area contributed by atoms with Gasteiger partial charge in [0, 0.05) is 12.0 Å². The zero-order chi connectivity index (χ0) is 27.5. The van der Waals surface area contributed by atoms with Crippen LogP contribution in [0.15, 0.2) is 36.4 Å². The Morgan fingerprint density at radius 3 is 1.42 bits per heavy atom. The highest BCUT2D eigenvalue weighted by atomic mass is 16.5. The summed E-state index contributed by atoms with van der Waals surface area (Å²) in [4.78, 5) is 12.9. The number of rotatable bonds is 7. The molecule has 0 aliphatic carbocycles. The molecule has 0 radical (unpaired) electrons. The van der Waals surface area contributed by atoms with Crippen molar-refractivity contribution in [2.24, 2.45) is 0 Å². The fraction of sp³-hybridized carbons (Fsp3) is 0.606. The number of carbonyl (C=O) groups excluding carboxylic acids is 1. The number of hydrogen-bond acceptors (Lipinski definition) is 2. The van der Waals surface area contributed by atoms with Crippen LogP contribution in [0.2, 0.25) is 0 Å². The molecule has 0 atom stereocenters. The van der Waals surface area contributed by atoms with E-state index in [1.165, 1.54) is 27.8 Å². The summed E-state index contributed by atoms with van der Waals surface area (Å²) in [6.45, 7) is 29.0. The summed E-state index contributed by atoms with van der Waals surface area (Å²) in [5.74, 6) is -0.223. The number of hydrogen-bond donors (Lipinski definition) is 1. The maximum absolute atomic E-state index is 12.9. The minimum atomic E-state index is -0.223. The van der Waals surface area contributed by atoms with Gasteiger partial charge in [-0.15, -0.1) is 0 Å². The highest BCUT2D eigenvalue weighted by Crippen LogP contribution is 2.31. The van der Waals surface area contributed by atoms with E-state index in [0.29, 0.717) is 12.2 Å². The van der Waals surface area contributed by atoms with Crippen molar-refractivity contribution >= 4 is 5.97 Å². The van der Waals surface area contributed by atoms with Crippen molar-refractivity contribution in [3.8, 4) is 0 Å². The zero-order valence-corrected chi connectivity index (χ0v) is 25.2. The van der Waals surface area contributed by atoms with Crippen LogP contribution in [0.3, 0.4) is 0 Å². The molecule has 3 nitrogen and oxygen atoms in total. The first-order valence-corrected chi connectivity index (χ1v) is 13.6. The fourth-order valence-electron chi connectivity index (χ4n) is 4.03. The second kappa shape index (κ2) is 11.1. The molecule has 2 aromatic rings. The predicted molar refractivity (Wildman–Crippen MR) is 153 cm³/mol. The lowest BCUT2D eigenvalue weighted by Crippen LogP contribution is -2.82. The summed E-state index contributed by atoms with van der Waals surface area (Å²) in [7, 11) is 0. The number of ether oxygens (including phenoxy) is 1. The SMILES string of the molecule is CC(C)(C)c1cc(C[NH2+]CCCOC(=O)c2cc(C(C)(C)C)cc(C(C)(C)C)c2)cc(C(C)(C)C)c1. The lowest BCUT2D eigenvalue weighted by atomic mass is 9.79. The Labute approximate surface area is 221 Å². The molecule has 0 fully saturated rings. The van der Waals surface area contributed by atoms with Crippen molar-refractivity contribution in [3.05, 3.63) is 69.8 Å². The molecule has 0 unspecified atom stereocenters. The topological polar surface area (TPSA) is 42.9 Å². The molecule has 0 amide bonds. The van der Waals surface area contributed by atoms with Crippen molar-refractivity contribution in [1.82, 2.24) is 0 Å². The van der Waals surface area contributed by atoms with Crippen LogP contribution in [-0.4, -0.2) is 19.1 Å². The maximum atomic E-state index is 12.9. The third-order valence-corrected chi connectivity index (χ3v) is 6.79. The first-order valence-electron chi connectivity index (χ1n) is 13.6. The molecule has 0 spiro atoms. The van der Waals surface area contributed by atoms with Gasteiger partial charge in [0.2, 0.25) is 0 Å². The largest absolute Gasteiger partial charge is 0.462 e. The first kappa shape index (κ1) is 30.1. The van der Waals surface area contributed by atoms with Crippen molar-refractivity contribution in [1.29, 1.82) is 0 Å². The Hall–Kier alpha value is -2.13. The van der Waals surface area contributed by atoms with Gasteiger partial charge in [0.25, 0.3) is 0 Å². The van der Waals surface area contributed by atoms with Crippen LogP contribution in [0.4, 0.5) is 0 Å². The molecule has 0 aromatic heterocycles. The number of esters is 1. The van der Waals surface area contributed by atoms with Gasteiger partial charge in [0.1, 0.15) is 6.54 Å². The molecule has 0 saturated heterocycles. The third kappa shape index (κ3) is 8.76. The van der Waals surface area contributed by atoms with Crippen molar-refractivity contribution in [3.63, 3.8) is 0 Å². The molecule has 0 saturated carbocycles. The molecular weight excluding hydrogens is 442 g/mol. The Balaban J connectivity index is 1.97. The monoisotopic (exact) mass is 494 g/mol. The Bertz CT molecular complexity index is 973. The Morgan fingerprint density at radius 2 is 1.03 bits per heavy atom. The molecule has 2 N–H and O–H groups in total. The van der Waals surface area contributed by atoms with Crippen LogP contribution >= 0.6 is 0 Å². The van der Waals surface area contributed by atoms with Gasteiger partial charge in [0.05, 0.1) is 18.7 Å². The van der Waals surface area contributed by atoms with E-state index in [1.54, 1.807) is 0 Å². The second-order valence-electron chi connectivity index (χ2n) is 14.5. The molecular formula is C33H52NO2+. The van der Waals surface area contributed by atoms with Gasteiger partial charge in [-0.3, -0.25) is 0 Å². The van der Waals surface area contributed by atoms with Crippen LogP contribution in [0.25, 0.3) is 0 Å². The standard InChI is InChI=1S/C33H51NO2/c1-30(2,3)25-16-23(17-26(20-25)31(4,5)6)22-34-14-13-15-36-29(35)24-18-27(32(7,8)9)21-28(19-24)33(10,11)12/h16-21,34H,13-15,22H2,1-12H3/p+1. The fourth-order valence-corrected chi connectivity index (χ4v) is 4.03. The van der Waals surface area contributed by atoms with E-state index in [1.807, 2.05) is 12.1 Å². The van der Waals surface area contributed by atoms with Gasteiger partial charge in [-0.05, 0) is 68.2 Å². The van der Waals surface area contributed by atoms with Crippen LogP contribution in [0.1, 0.15) is 128 Å². The summed E-state index contributed by atoms with van der Waals surface area (Å²) in [6, 6.07) is 13.3. The average molecular weight is 495 g/mol. The van der Waals surface area contributed by atoms with E-state index in [2.05, 4.69) is 113 Å². The maximum Gasteiger partial charge on any atom is 0.338 e. The average Bonchev–Trinajstić information content (AvgIpc) is 2.73. The Kier molecular flexibility index (Phi) is 9.27. The Morgan fingerprint density at radius 1 is 0.639 bits per heavy atom. The number of carbonyl (C=O) groups is 1.